The molecule has 0 unspecified atom stereocenters. The summed E-state index contributed by atoms with van der Waals surface area (Å²) in [7, 11) is -2.79. The molecule has 0 spiro atoms. The number of nitrogens with one attached hydrogen (secondary N) is 1. The first-order chi connectivity index (χ1) is 8.09. The second-order valence-electron chi connectivity index (χ2n) is 4.32. The quantitative estimate of drug-likeness (QED) is 0.873. The van der Waals surface area contributed by atoms with Crippen LogP contribution in [0.2, 0.25) is 0 Å². The zero-order valence-corrected chi connectivity index (χ0v) is 10.7. The van der Waals surface area contributed by atoms with Crippen LogP contribution in [-0.4, -0.2) is 35.9 Å². The molecular formula is C11H17N3O2S. The fourth-order valence-corrected chi connectivity index (χ4v) is 3.40. The molecule has 5 nitrogen and oxygen atoms in total. The van der Waals surface area contributed by atoms with E-state index in [1.54, 1.807) is 6.33 Å². The highest BCUT2D eigenvalue weighted by atomic mass is 32.2. The third-order valence-electron chi connectivity index (χ3n) is 2.99. The van der Waals surface area contributed by atoms with E-state index in [1.807, 2.05) is 13.0 Å². The molecule has 2 heterocycles. The Bertz CT molecular complexity index is 473. The molecule has 0 saturated carbocycles. The first kappa shape index (κ1) is 12.3. The number of hydrogen-bond donors (Lipinski definition) is 1. The first-order valence-electron chi connectivity index (χ1n) is 5.87. The van der Waals surface area contributed by atoms with Crippen molar-refractivity contribution < 1.29 is 8.42 Å². The standard InChI is InChI=1S/C11H17N3O2S/c1-2-9-7-11(13-8-12-9)14-10-3-5-17(15,16)6-4-10/h7-8,10H,2-6H2,1H3,(H,12,13,14). The van der Waals surface area contributed by atoms with Crippen molar-refractivity contribution in [3.8, 4) is 0 Å². The Labute approximate surface area is 102 Å². The fraction of sp³-hybridized carbons (Fsp3) is 0.636. The van der Waals surface area contributed by atoms with E-state index >= 15 is 0 Å². The lowest BCUT2D eigenvalue weighted by Crippen LogP contribution is -2.32. The number of rotatable bonds is 3. The van der Waals surface area contributed by atoms with E-state index in [4.69, 9.17) is 0 Å². The molecule has 1 aromatic rings. The summed E-state index contributed by atoms with van der Waals surface area (Å²) in [6.07, 6.45) is 3.73. The monoisotopic (exact) mass is 255 g/mol. The Morgan fingerprint density at radius 3 is 2.71 bits per heavy atom. The molecule has 17 heavy (non-hydrogen) atoms. The van der Waals surface area contributed by atoms with Gasteiger partial charge in [-0.3, -0.25) is 0 Å². The van der Waals surface area contributed by atoms with E-state index in [2.05, 4.69) is 15.3 Å². The van der Waals surface area contributed by atoms with Crippen molar-refractivity contribution >= 4 is 15.7 Å². The van der Waals surface area contributed by atoms with Crippen molar-refractivity contribution in [3.05, 3.63) is 18.1 Å². The zero-order valence-electron chi connectivity index (χ0n) is 9.89. The van der Waals surface area contributed by atoms with Gasteiger partial charge in [0.15, 0.2) is 0 Å². The van der Waals surface area contributed by atoms with Gasteiger partial charge in [-0.05, 0) is 19.3 Å². The van der Waals surface area contributed by atoms with E-state index < -0.39 is 9.84 Å². The van der Waals surface area contributed by atoms with E-state index in [0.717, 1.165) is 17.9 Å². The fourth-order valence-electron chi connectivity index (χ4n) is 1.91. The SMILES string of the molecule is CCc1cc(NC2CCS(=O)(=O)CC2)ncn1. The number of nitrogens with zero attached hydrogens (tertiary/aromatic N) is 2. The van der Waals surface area contributed by atoms with Gasteiger partial charge in [-0.1, -0.05) is 6.92 Å². The van der Waals surface area contributed by atoms with Crippen molar-refractivity contribution in [1.29, 1.82) is 0 Å². The maximum atomic E-state index is 11.3. The number of hydrogen-bond acceptors (Lipinski definition) is 5. The Kier molecular flexibility index (Phi) is 3.61. The summed E-state index contributed by atoms with van der Waals surface area (Å²) in [6.45, 7) is 2.04. The lowest BCUT2D eigenvalue weighted by molar-refractivity contribution is 0.559. The van der Waals surface area contributed by atoms with Gasteiger partial charge in [-0.25, -0.2) is 18.4 Å². The highest BCUT2D eigenvalue weighted by molar-refractivity contribution is 7.91. The number of anilines is 1. The summed E-state index contributed by atoms with van der Waals surface area (Å²) in [5.74, 6) is 1.34. The zero-order chi connectivity index (χ0) is 12.3. The minimum Gasteiger partial charge on any atom is -0.367 e. The van der Waals surface area contributed by atoms with Gasteiger partial charge in [0.1, 0.15) is 22.0 Å². The maximum absolute atomic E-state index is 11.3. The van der Waals surface area contributed by atoms with Gasteiger partial charge in [-0.2, -0.15) is 0 Å². The van der Waals surface area contributed by atoms with Crippen LogP contribution in [0.1, 0.15) is 25.5 Å². The minimum absolute atomic E-state index is 0.207. The minimum atomic E-state index is -2.79. The van der Waals surface area contributed by atoms with Crippen LogP contribution in [0.3, 0.4) is 0 Å². The third kappa shape index (κ3) is 3.39. The average Bonchev–Trinajstić information content (AvgIpc) is 2.32. The van der Waals surface area contributed by atoms with Gasteiger partial charge >= 0.3 is 0 Å². The maximum Gasteiger partial charge on any atom is 0.150 e. The predicted molar refractivity (Wildman–Crippen MR) is 66.7 cm³/mol. The van der Waals surface area contributed by atoms with Gasteiger partial charge < -0.3 is 5.32 Å². The topological polar surface area (TPSA) is 72.0 Å². The van der Waals surface area contributed by atoms with Gasteiger partial charge in [0.05, 0.1) is 11.5 Å². The lowest BCUT2D eigenvalue weighted by Gasteiger charge is -2.23. The lowest BCUT2D eigenvalue weighted by atomic mass is 10.1. The Morgan fingerprint density at radius 1 is 1.35 bits per heavy atom. The molecule has 1 fully saturated rings. The molecule has 0 aliphatic carbocycles. The van der Waals surface area contributed by atoms with Crippen LogP contribution in [-0.2, 0) is 16.3 Å². The smallest absolute Gasteiger partial charge is 0.150 e. The van der Waals surface area contributed by atoms with E-state index in [1.165, 1.54) is 0 Å². The van der Waals surface area contributed by atoms with Crippen molar-refractivity contribution in [2.75, 3.05) is 16.8 Å². The van der Waals surface area contributed by atoms with Crippen molar-refractivity contribution in [2.24, 2.45) is 0 Å². The van der Waals surface area contributed by atoms with Crippen LogP contribution in [0.25, 0.3) is 0 Å². The van der Waals surface area contributed by atoms with Crippen molar-refractivity contribution in [2.45, 2.75) is 32.2 Å². The molecule has 0 aromatic carbocycles. The normalized spacial score (nSPS) is 20.1. The third-order valence-corrected chi connectivity index (χ3v) is 4.71. The van der Waals surface area contributed by atoms with Crippen LogP contribution in [0.4, 0.5) is 5.82 Å². The molecule has 2 rings (SSSR count). The van der Waals surface area contributed by atoms with Crippen LogP contribution < -0.4 is 5.32 Å². The average molecular weight is 255 g/mol. The molecular weight excluding hydrogens is 238 g/mol. The van der Waals surface area contributed by atoms with Gasteiger partial charge in [-0.15, -0.1) is 0 Å². The Hall–Kier alpha value is -1.17. The Morgan fingerprint density at radius 2 is 2.06 bits per heavy atom. The summed E-state index contributed by atoms with van der Waals surface area (Å²) in [5.41, 5.74) is 0.992. The van der Waals surface area contributed by atoms with Crippen molar-refractivity contribution in [1.82, 2.24) is 9.97 Å². The molecule has 0 bridgehead atoms. The van der Waals surface area contributed by atoms with E-state index in [0.29, 0.717) is 12.8 Å². The number of aryl methyl sites for hydroxylation is 1. The molecule has 0 radical (unpaired) electrons. The van der Waals surface area contributed by atoms with Crippen LogP contribution >= 0.6 is 0 Å². The molecule has 1 saturated heterocycles. The summed E-state index contributed by atoms with van der Waals surface area (Å²) in [5, 5.41) is 3.28. The molecule has 1 aliphatic heterocycles. The molecule has 1 aliphatic rings. The molecule has 6 heteroatoms. The largest absolute Gasteiger partial charge is 0.367 e. The van der Waals surface area contributed by atoms with Gasteiger partial charge in [0, 0.05) is 17.8 Å². The predicted octanol–water partition coefficient (Wildman–Crippen LogP) is 1.03. The molecule has 1 aromatic heterocycles. The van der Waals surface area contributed by atoms with E-state index in [9.17, 15) is 8.42 Å². The number of aromatic nitrogens is 2. The van der Waals surface area contributed by atoms with Crippen molar-refractivity contribution in [3.63, 3.8) is 0 Å². The summed E-state index contributed by atoms with van der Waals surface area (Å²) in [6, 6.07) is 2.13. The van der Waals surface area contributed by atoms with Gasteiger partial charge in [0.2, 0.25) is 0 Å². The number of sulfone groups is 1. The second kappa shape index (κ2) is 5.00. The molecule has 94 valence electrons. The first-order valence-corrected chi connectivity index (χ1v) is 7.69. The van der Waals surface area contributed by atoms with Gasteiger partial charge in [0.25, 0.3) is 0 Å². The van der Waals surface area contributed by atoms with Crippen LogP contribution in [0, 0.1) is 0 Å². The van der Waals surface area contributed by atoms with E-state index in [-0.39, 0.29) is 17.5 Å². The molecule has 0 amide bonds. The van der Waals surface area contributed by atoms with Crippen LogP contribution in [0.15, 0.2) is 12.4 Å². The summed E-state index contributed by atoms with van der Waals surface area (Å²) in [4.78, 5) is 8.27. The summed E-state index contributed by atoms with van der Waals surface area (Å²) >= 11 is 0. The molecule has 0 atom stereocenters. The molecule has 1 N–H and O–H groups in total. The second-order valence-corrected chi connectivity index (χ2v) is 6.62. The highest BCUT2D eigenvalue weighted by Crippen LogP contribution is 2.16. The van der Waals surface area contributed by atoms with Crippen LogP contribution in [0.5, 0.6) is 0 Å². The Balaban J connectivity index is 1.97. The highest BCUT2D eigenvalue weighted by Gasteiger charge is 2.23. The summed E-state index contributed by atoms with van der Waals surface area (Å²) < 4.78 is 22.6.